The molecule has 1 heterocycles. The van der Waals surface area contributed by atoms with Crippen LogP contribution in [0.4, 0.5) is 0 Å². The number of hydrogen-bond donors (Lipinski definition) is 1. The molecule has 0 saturated carbocycles. The van der Waals surface area contributed by atoms with E-state index < -0.39 is 12.0 Å². The summed E-state index contributed by atoms with van der Waals surface area (Å²) in [7, 11) is 0. The van der Waals surface area contributed by atoms with E-state index in [0.29, 0.717) is 18.2 Å². The molecule has 0 radical (unpaired) electrons. The van der Waals surface area contributed by atoms with E-state index in [9.17, 15) is 9.90 Å². The van der Waals surface area contributed by atoms with Gasteiger partial charge in [-0.2, -0.15) is 0 Å². The van der Waals surface area contributed by atoms with Crippen LogP contribution in [-0.2, 0) is 4.79 Å². The van der Waals surface area contributed by atoms with Crippen LogP contribution in [0.2, 0.25) is 0 Å². The molecule has 1 atom stereocenters. The van der Waals surface area contributed by atoms with Gasteiger partial charge in [0.05, 0.1) is 0 Å². The van der Waals surface area contributed by atoms with E-state index >= 15 is 0 Å². The molecule has 0 aliphatic carbocycles. The largest absolute Gasteiger partial charge is 0.480 e. The van der Waals surface area contributed by atoms with Crippen molar-refractivity contribution in [1.82, 2.24) is 9.55 Å². The van der Waals surface area contributed by atoms with Gasteiger partial charge in [-0.25, -0.2) is 9.78 Å². The smallest absolute Gasteiger partial charge is 0.326 e. The molecule has 4 heteroatoms. The molecule has 19 heavy (non-hydrogen) atoms. The number of benzene rings is 1. The summed E-state index contributed by atoms with van der Waals surface area (Å²) in [6.07, 6.45) is 3.98. The van der Waals surface area contributed by atoms with Crippen LogP contribution in [-0.4, -0.2) is 20.6 Å². The monoisotopic (exact) mass is 258 g/mol. The number of nitrogens with zero attached hydrogens (tertiary/aromatic N) is 2. The third-order valence-electron chi connectivity index (χ3n) is 3.02. The molecule has 0 saturated heterocycles. The lowest BCUT2D eigenvalue weighted by molar-refractivity contribution is -0.141. The highest BCUT2D eigenvalue weighted by Crippen LogP contribution is 2.25. The van der Waals surface area contributed by atoms with Crippen LogP contribution in [0, 0.1) is 5.92 Å². The molecular weight excluding hydrogens is 240 g/mol. The maximum atomic E-state index is 11.5. The van der Waals surface area contributed by atoms with Gasteiger partial charge in [0.2, 0.25) is 0 Å². The van der Waals surface area contributed by atoms with Gasteiger partial charge in [-0.3, -0.25) is 0 Å². The third-order valence-corrected chi connectivity index (χ3v) is 3.02. The summed E-state index contributed by atoms with van der Waals surface area (Å²) in [5.41, 5.74) is 0.933. The number of imidazole rings is 1. The standard InChI is InChI=1S/C15H18N2O2/c1-11(2)10-13(15(18)19)17-9-8-16-14(17)12-6-4-3-5-7-12/h3-9,11,13H,10H2,1-2H3,(H,18,19). The first-order valence-electron chi connectivity index (χ1n) is 6.40. The highest BCUT2D eigenvalue weighted by molar-refractivity contribution is 5.73. The maximum absolute atomic E-state index is 11.5. The Hall–Kier alpha value is -2.10. The van der Waals surface area contributed by atoms with Crippen molar-refractivity contribution in [2.24, 2.45) is 5.92 Å². The van der Waals surface area contributed by atoms with Gasteiger partial charge >= 0.3 is 5.97 Å². The summed E-state index contributed by atoms with van der Waals surface area (Å²) < 4.78 is 1.75. The fourth-order valence-electron chi connectivity index (χ4n) is 2.16. The van der Waals surface area contributed by atoms with E-state index in [2.05, 4.69) is 4.98 Å². The molecule has 0 aliphatic heterocycles. The van der Waals surface area contributed by atoms with Gasteiger partial charge in [0, 0.05) is 18.0 Å². The van der Waals surface area contributed by atoms with Gasteiger partial charge in [-0.1, -0.05) is 44.2 Å². The molecule has 1 unspecified atom stereocenters. The Labute approximate surface area is 112 Å². The molecule has 0 fully saturated rings. The summed E-state index contributed by atoms with van der Waals surface area (Å²) in [6, 6.07) is 9.08. The summed E-state index contributed by atoms with van der Waals surface area (Å²) in [6.45, 7) is 4.05. The predicted octanol–water partition coefficient (Wildman–Crippen LogP) is 3.22. The van der Waals surface area contributed by atoms with Crippen molar-refractivity contribution in [2.75, 3.05) is 0 Å². The van der Waals surface area contributed by atoms with Crippen molar-refractivity contribution in [2.45, 2.75) is 26.3 Å². The first-order valence-corrected chi connectivity index (χ1v) is 6.40. The number of carboxylic acids is 1. The lowest BCUT2D eigenvalue weighted by atomic mass is 10.0. The van der Waals surface area contributed by atoms with E-state index in [1.807, 2.05) is 44.2 Å². The molecule has 1 aromatic heterocycles. The number of aromatic nitrogens is 2. The van der Waals surface area contributed by atoms with Crippen molar-refractivity contribution < 1.29 is 9.90 Å². The van der Waals surface area contributed by atoms with Gasteiger partial charge < -0.3 is 9.67 Å². The molecule has 0 aliphatic rings. The molecule has 2 rings (SSSR count). The van der Waals surface area contributed by atoms with Crippen LogP contribution in [0.1, 0.15) is 26.3 Å². The Balaban J connectivity index is 2.40. The zero-order valence-corrected chi connectivity index (χ0v) is 11.2. The minimum absolute atomic E-state index is 0.312. The van der Waals surface area contributed by atoms with Crippen LogP contribution in [0.25, 0.3) is 11.4 Å². The average molecular weight is 258 g/mol. The average Bonchev–Trinajstić information content (AvgIpc) is 2.85. The number of carboxylic acid groups (broad SMARTS) is 1. The minimum atomic E-state index is -0.816. The summed E-state index contributed by atoms with van der Waals surface area (Å²) in [4.78, 5) is 15.8. The zero-order chi connectivity index (χ0) is 13.8. The van der Waals surface area contributed by atoms with Crippen molar-refractivity contribution in [1.29, 1.82) is 0 Å². The number of carbonyl (C=O) groups is 1. The molecule has 2 aromatic rings. The van der Waals surface area contributed by atoms with E-state index in [1.54, 1.807) is 17.0 Å². The third kappa shape index (κ3) is 3.02. The quantitative estimate of drug-likeness (QED) is 0.895. The molecule has 100 valence electrons. The van der Waals surface area contributed by atoms with Gasteiger partial charge in [0.25, 0.3) is 0 Å². The van der Waals surface area contributed by atoms with Gasteiger partial charge in [0.15, 0.2) is 0 Å². The molecule has 1 aromatic carbocycles. The Kier molecular flexibility index (Phi) is 4.00. The topological polar surface area (TPSA) is 55.1 Å². The van der Waals surface area contributed by atoms with Gasteiger partial charge in [-0.05, 0) is 12.3 Å². The minimum Gasteiger partial charge on any atom is -0.480 e. The lowest BCUT2D eigenvalue weighted by Gasteiger charge is -2.18. The maximum Gasteiger partial charge on any atom is 0.326 e. The van der Waals surface area contributed by atoms with Crippen molar-refractivity contribution in [3.05, 3.63) is 42.7 Å². The van der Waals surface area contributed by atoms with E-state index in [4.69, 9.17) is 0 Å². The van der Waals surface area contributed by atoms with Crippen LogP contribution < -0.4 is 0 Å². The van der Waals surface area contributed by atoms with E-state index in [-0.39, 0.29) is 0 Å². The second kappa shape index (κ2) is 5.69. The predicted molar refractivity (Wildman–Crippen MR) is 73.8 cm³/mol. The van der Waals surface area contributed by atoms with Gasteiger partial charge in [-0.15, -0.1) is 0 Å². The van der Waals surface area contributed by atoms with Crippen molar-refractivity contribution in [3.63, 3.8) is 0 Å². The fourth-order valence-corrected chi connectivity index (χ4v) is 2.16. The van der Waals surface area contributed by atoms with Crippen LogP contribution >= 0.6 is 0 Å². The summed E-state index contributed by atoms with van der Waals surface area (Å²) >= 11 is 0. The molecule has 0 bridgehead atoms. The number of aliphatic carboxylic acids is 1. The van der Waals surface area contributed by atoms with Crippen LogP contribution in [0.15, 0.2) is 42.7 Å². The van der Waals surface area contributed by atoms with Crippen molar-refractivity contribution in [3.8, 4) is 11.4 Å². The Morgan fingerprint density at radius 2 is 2.00 bits per heavy atom. The normalized spacial score (nSPS) is 12.6. The molecular formula is C15H18N2O2. The second-order valence-corrected chi connectivity index (χ2v) is 5.01. The highest BCUT2D eigenvalue weighted by atomic mass is 16.4. The van der Waals surface area contributed by atoms with Crippen molar-refractivity contribution >= 4 is 5.97 Å². The zero-order valence-electron chi connectivity index (χ0n) is 11.2. The SMILES string of the molecule is CC(C)CC(C(=O)O)n1ccnc1-c1ccccc1. The summed E-state index contributed by atoms with van der Waals surface area (Å²) in [5, 5.41) is 9.42. The molecule has 1 N–H and O–H groups in total. The lowest BCUT2D eigenvalue weighted by Crippen LogP contribution is -2.21. The molecule has 0 spiro atoms. The first kappa shape index (κ1) is 13.3. The number of rotatable bonds is 5. The molecule has 4 nitrogen and oxygen atoms in total. The Morgan fingerprint density at radius 3 is 2.58 bits per heavy atom. The van der Waals surface area contributed by atoms with Gasteiger partial charge in [0.1, 0.15) is 11.9 Å². The summed E-state index contributed by atoms with van der Waals surface area (Å²) in [5.74, 6) is 0.199. The van der Waals surface area contributed by atoms with E-state index in [0.717, 1.165) is 5.56 Å². The highest BCUT2D eigenvalue weighted by Gasteiger charge is 2.23. The Bertz CT molecular complexity index is 546. The molecule has 0 amide bonds. The van der Waals surface area contributed by atoms with Crippen LogP contribution in [0.3, 0.4) is 0 Å². The fraction of sp³-hybridized carbons (Fsp3) is 0.333. The Morgan fingerprint density at radius 1 is 1.32 bits per heavy atom. The first-order chi connectivity index (χ1) is 9.09. The number of hydrogen-bond acceptors (Lipinski definition) is 2. The second-order valence-electron chi connectivity index (χ2n) is 5.01. The van der Waals surface area contributed by atoms with E-state index in [1.165, 1.54) is 0 Å². The van der Waals surface area contributed by atoms with Crippen LogP contribution in [0.5, 0.6) is 0 Å².